The van der Waals surface area contributed by atoms with Gasteiger partial charge in [-0.1, -0.05) is 0 Å². The van der Waals surface area contributed by atoms with Crippen LogP contribution < -0.4 is 4.74 Å². The highest BCUT2D eigenvalue weighted by atomic mass is 19.4. The Bertz CT molecular complexity index is 991. The normalized spacial score (nSPS) is 14.6. The standard InChI is InChI=1S/C15H3F16NO2/c16-7-3-6(2-1-5(7)4-32)34-8(33)9(17,18)10(19,20)11(21,22)12(23,24)13(25,26)14(27,28)15(29,30)31/h1-3H. The molecule has 0 aliphatic carbocycles. The largest absolute Gasteiger partial charge is 0.460 e. The number of hydrogen-bond acceptors (Lipinski definition) is 3. The van der Waals surface area contributed by atoms with Crippen LogP contribution in [-0.4, -0.2) is 47.7 Å². The molecule has 34 heavy (non-hydrogen) atoms. The van der Waals surface area contributed by atoms with Gasteiger partial charge in [-0.3, -0.25) is 0 Å². The number of nitriles is 1. The Morgan fingerprint density at radius 2 is 1.12 bits per heavy atom. The Morgan fingerprint density at radius 1 is 0.706 bits per heavy atom. The summed E-state index contributed by atoms with van der Waals surface area (Å²) in [5, 5.41) is 8.41. The summed E-state index contributed by atoms with van der Waals surface area (Å²) >= 11 is 0. The maximum absolute atomic E-state index is 13.6. The highest BCUT2D eigenvalue weighted by Crippen LogP contribution is 2.62. The number of halogens is 16. The topological polar surface area (TPSA) is 50.1 Å². The smallest absolute Gasteiger partial charge is 0.422 e. The molecule has 0 unspecified atom stereocenters. The molecule has 0 aliphatic rings. The number of nitrogens with zero attached hydrogens (tertiary/aromatic N) is 1. The van der Waals surface area contributed by atoms with E-state index in [9.17, 15) is 75.0 Å². The predicted octanol–water partition coefficient (Wildman–Crippen LogP) is 5.98. The van der Waals surface area contributed by atoms with Crippen LogP contribution in [-0.2, 0) is 4.79 Å². The Labute approximate surface area is 175 Å². The van der Waals surface area contributed by atoms with Crippen molar-refractivity contribution in [1.82, 2.24) is 0 Å². The Kier molecular flexibility index (Phi) is 6.91. The van der Waals surface area contributed by atoms with Crippen molar-refractivity contribution in [2.24, 2.45) is 0 Å². The zero-order valence-electron chi connectivity index (χ0n) is 15.0. The van der Waals surface area contributed by atoms with Gasteiger partial charge in [-0.2, -0.15) is 71.1 Å². The lowest BCUT2D eigenvalue weighted by Gasteiger charge is -2.40. The molecule has 0 saturated heterocycles. The average Bonchev–Trinajstić information content (AvgIpc) is 2.66. The number of hydrogen-bond donors (Lipinski definition) is 0. The summed E-state index contributed by atoms with van der Waals surface area (Å²) in [6.45, 7) is 0. The SMILES string of the molecule is N#Cc1ccc(OC(=O)C(F)(F)C(F)(F)C(F)(F)C(F)(F)C(F)(F)C(F)(F)C(F)(F)F)cc1F. The Balaban J connectivity index is 3.49. The molecular formula is C15H3F16NO2. The number of ether oxygens (including phenoxy) is 1. The Morgan fingerprint density at radius 3 is 1.50 bits per heavy atom. The zero-order chi connectivity index (χ0) is 27.3. The van der Waals surface area contributed by atoms with Crippen LogP contribution in [0.5, 0.6) is 5.75 Å². The third-order valence-electron chi connectivity index (χ3n) is 3.86. The number of benzene rings is 1. The summed E-state index contributed by atoms with van der Waals surface area (Å²) in [6, 6.07) is 1.52. The average molecular weight is 533 g/mol. The first-order valence-electron chi connectivity index (χ1n) is 7.60. The van der Waals surface area contributed by atoms with Crippen molar-refractivity contribution >= 4 is 5.97 Å². The molecule has 0 bridgehead atoms. The van der Waals surface area contributed by atoms with Crippen molar-refractivity contribution in [1.29, 1.82) is 5.26 Å². The second-order valence-corrected chi connectivity index (χ2v) is 6.09. The third-order valence-corrected chi connectivity index (χ3v) is 3.86. The van der Waals surface area contributed by atoms with E-state index in [-0.39, 0.29) is 12.1 Å². The summed E-state index contributed by atoms with van der Waals surface area (Å²) in [7, 11) is 0. The zero-order valence-corrected chi connectivity index (χ0v) is 15.0. The molecule has 19 heteroatoms. The lowest BCUT2D eigenvalue weighted by Crippen LogP contribution is -2.73. The van der Waals surface area contributed by atoms with Crippen molar-refractivity contribution in [2.45, 2.75) is 41.7 Å². The number of esters is 1. The predicted molar refractivity (Wildman–Crippen MR) is 72.5 cm³/mol. The van der Waals surface area contributed by atoms with Crippen LogP contribution in [0.1, 0.15) is 5.56 Å². The first-order valence-corrected chi connectivity index (χ1v) is 7.60. The van der Waals surface area contributed by atoms with E-state index in [0.717, 1.165) is 6.07 Å². The van der Waals surface area contributed by atoms with E-state index in [1.54, 1.807) is 0 Å². The first-order chi connectivity index (χ1) is 14.8. The molecule has 0 atom stereocenters. The molecule has 1 aromatic rings. The summed E-state index contributed by atoms with van der Waals surface area (Å²) < 4.78 is 212. The van der Waals surface area contributed by atoms with Gasteiger partial charge in [0.15, 0.2) is 0 Å². The summed E-state index contributed by atoms with van der Waals surface area (Å²) in [5.74, 6) is -56.3. The molecule has 0 aromatic heterocycles. The maximum atomic E-state index is 13.6. The quantitative estimate of drug-likeness (QED) is 0.247. The van der Waals surface area contributed by atoms with E-state index in [1.807, 2.05) is 0 Å². The number of rotatable bonds is 7. The second kappa shape index (κ2) is 8.08. The molecule has 1 rings (SSSR count). The van der Waals surface area contributed by atoms with Crippen molar-refractivity contribution in [3.8, 4) is 11.8 Å². The molecule has 0 radical (unpaired) electrons. The van der Waals surface area contributed by atoms with E-state index < -0.39 is 64.8 Å². The van der Waals surface area contributed by atoms with E-state index >= 15 is 0 Å². The van der Waals surface area contributed by atoms with Gasteiger partial charge in [0.05, 0.1) is 5.56 Å². The molecule has 0 saturated carbocycles. The molecule has 192 valence electrons. The molecule has 0 spiro atoms. The fourth-order valence-electron chi connectivity index (χ4n) is 1.92. The summed E-state index contributed by atoms with van der Waals surface area (Å²) in [5.41, 5.74) is -0.879. The lowest BCUT2D eigenvalue weighted by molar-refractivity contribution is -0.450. The van der Waals surface area contributed by atoms with E-state index in [1.165, 1.54) is 0 Å². The lowest BCUT2D eigenvalue weighted by atomic mass is 9.91. The number of alkyl halides is 15. The molecule has 0 amide bonds. The number of carbonyl (C=O) groups excluding carboxylic acids is 1. The van der Waals surface area contributed by atoms with Crippen LogP contribution in [0.25, 0.3) is 0 Å². The summed E-state index contributed by atoms with van der Waals surface area (Å²) in [6.07, 6.45) is -7.76. The van der Waals surface area contributed by atoms with Gasteiger partial charge in [0.25, 0.3) is 0 Å². The fraction of sp³-hybridized carbons (Fsp3) is 0.467. The van der Waals surface area contributed by atoms with Gasteiger partial charge in [-0.25, -0.2) is 9.18 Å². The second-order valence-electron chi connectivity index (χ2n) is 6.09. The highest BCUT2D eigenvalue weighted by molar-refractivity contribution is 5.81. The van der Waals surface area contributed by atoms with E-state index in [2.05, 4.69) is 4.74 Å². The summed E-state index contributed by atoms with van der Waals surface area (Å²) in [4.78, 5) is 11.2. The molecular weight excluding hydrogens is 530 g/mol. The maximum Gasteiger partial charge on any atom is 0.460 e. The highest BCUT2D eigenvalue weighted by Gasteiger charge is 2.94. The van der Waals surface area contributed by atoms with E-state index in [4.69, 9.17) is 5.26 Å². The van der Waals surface area contributed by atoms with Gasteiger partial charge in [-0.05, 0) is 12.1 Å². The van der Waals surface area contributed by atoms with Crippen molar-refractivity contribution < 1.29 is 79.8 Å². The number of carbonyl (C=O) groups is 1. The Hall–Kier alpha value is -2.94. The van der Waals surface area contributed by atoms with Crippen LogP contribution in [0.2, 0.25) is 0 Å². The first kappa shape index (κ1) is 29.1. The van der Waals surface area contributed by atoms with Crippen LogP contribution in [0.4, 0.5) is 70.2 Å². The minimum atomic E-state index is -8.56. The molecule has 0 aliphatic heterocycles. The van der Waals surface area contributed by atoms with Crippen LogP contribution >= 0.6 is 0 Å². The van der Waals surface area contributed by atoms with Crippen LogP contribution in [0.3, 0.4) is 0 Å². The third kappa shape index (κ3) is 3.96. The minimum Gasteiger partial charge on any atom is -0.422 e. The fourth-order valence-corrected chi connectivity index (χ4v) is 1.92. The van der Waals surface area contributed by atoms with Gasteiger partial charge in [0.2, 0.25) is 0 Å². The minimum absolute atomic E-state index is 0.157. The van der Waals surface area contributed by atoms with Crippen molar-refractivity contribution in [2.75, 3.05) is 0 Å². The van der Waals surface area contributed by atoms with E-state index in [0.29, 0.717) is 6.07 Å². The molecule has 0 heterocycles. The van der Waals surface area contributed by atoms with Gasteiger partial charge in [-0.15, -0.1) is 0 Å². The molecule has 0 N–H and O–H groups in total. The van der Waals surface area contributed by atoms with Gasteiger partial charge in [0.1, 0.15) is 17.6 Å². The molecule has 0 fully saturated rings. The van der Waals surface area contributed by atoms with Gasteiger partial charge in [0, 0.05) is 6.07 Å². The van der Waals surface area contributed by atoms with Gasteiger partial charge >= 0.3 is 47.7 Å². The van der Waals surface area contributed by atoms with Crippen molar-refractivity contribution in [3.05, 3.63) is 29.6 Å². The molecule has 3 nitrogen and oxygen atoms in total. The van der Waals surface area contributed by atoms with Crippen LogP contribution in [0.15, 0.2) is 18.2 Å². The van der Waals surface area contributed by atoms with Crippen LogP contribution in [0, 0.1) is 17.1 Å². The van der Waals surface area contributed by atoms with Gasteiger partial charge < -0.3 is 4.74 Å². The monoisotopic (exact) mass is 533 g/mol. The van der Waals surface area contributed by atoms with Crippen molar-refractivity contribution in [3.63, 3.8) is 0 Å². The molecule has 1 aromatic carbocycles.